The zero-order valence-corrected chi connectivity index (χ0v) is 20.1. The molecule has 6 heteroatoms. The number of hydrogen-bond donors (Lipinski definition) is 2. The highest BCUT2D eigenvalue weighted by Crippen LogP contribution is 2.40. The first-order valence-corrected chi connectivity index (χ1v) is 12.1. The van der Waals surface area contributed by atoms with Gasteiger partial charge in [-0.1, -0.05) is 18.2 Å². The molecule has 2 saturated heterocycles. The van der Waals surface area contributed by atoms with Crippen molar-refractivity contribution in [2.75, 3.05) is 31.7 Å². The molecule has 6 nitrogen and oxygen atoms in total. The Morgan fingerprint density at radius 1 is 1.21 bits per heavy atom. The van der Waals surface area contributed by atoms with Crippen molar-refractivity contribution in [2.24, 2.45) is 0 Å². The molecule has 178 valence electrons. The number of aryl methyl sites for hydroxylation is 1. The van der Waals surface area contributed by atoms with Crippen LogP contribution in [0.2, 0.25) is 0 Å². The topological polar surface area (TPSA) is 80.7 Å². The molecule has 0 spiro atoms. The molecule has 2 aromatic carbocycles. The van der Waals surface area contributed by atoms with Gasteiger partial charge in [0.1, 0.15) is 0 Å². The van der Waals surface area contributed by atoms with E-state index in [1.165, 1.54) is 5.56 Å². The van der Waals surface area contributed by atoms with Crippen LogP contribution in [0.5, 0.6) is 0 Å². The summed E-state index contributed by atoms with van der Waals surface area (Å²) in [6.45, 7) is 9.31. The van der Waals surface area contributed by atoms with Gasteiger partial charge in [-0.2, -0.15) is 0 Å². The number of aromatic nitrogens is 1. The third-order valence-corrected chi connectivity index (χ3v) is 7.15. The number of para-hydroxylation sites is 1. The monoisotopic (exact) mass is 460 g/mol. The predicted molar refractivity (Wildman–Crippen MR) is 133 cm³/mol. The second-order valence-corrected chi connectivity index (χ2v) is 10.0. The number of pyridine rings is 1. The molecule has 34 heavy (non-hydrogen) atoms. The first kappa shape index (κ1) is 22.8. The Morgan fingerprint density at radius 3 is 2.68 bits per heavy atom. The second-order valence-electron chi connectivity index (χ2n) is 10.0. The van der Waals surface area contributed by atoms with Gasteiger partial charge in [-0.3, -0.25) is 4.98 Å². The Hall–Kier alpha value is -2.96. The van der Waals surface area contributed by atoms with E-state index in [0.717, 1.165) is 53.8 Å². The number of benzene rings is 2. The molecule has 0 saturated carbocycles. The fraction of sp³-hybridized carbons (Fsp3) is 0.429. The highest BCUT2D eigenvalue weighted by atomic mass is 16.5. The molecule has 2 unspecified atom stereocenters. The first-order valence-electron chi connectivity index (χ1n) is 12.1. The minimum atomic E-state index is -0.939. The maximum Gasteiger partial charge on any atom is 0.337 e. The largest absolute Gasteiger partial charge is 0.478 e. The lowest BCUT2D eigenvalue weighted by molar-refractivity contribution is -0.0528. The van der Waals surface area contributed by atoms with Gasteiger partial charge >= 0.3 is 5.97 Å². The summed E-state index contributed by atoms with van der Waals surface area (Å²) in [6.07, 6.45) is 2.15. The number of carbonyl (C=O) groups is 1. The van der Waals surface area contributed by atoms with Gasteiger partial charge in [-0.25, -0.2) is 4.79 Å². The van der Waals surface area contributed by atoms with Crippen molar-refractivity contribution >= 4 is 22.6 Å². The molecule has 0 radical (unpaired) electrons. The molecule has 0 bridgehead atoms. The molecule has 1 aromatic heterocycles. The average Bonchev–Trinajstić information content (AvgIpc) is 2.82. The van der Waals surface area contributed by atoms with Crippen molar-refractivity contribution in [1.82, 2.24) is 4.98 Å². The molecule has 0 aliphatic carbocycles. The molecule has 2 aliphatic heterocycles. The number of rotatable bonds is 6. The molecule has 0 amide bonds. The van der Waals surface area contributed by atoms with E-state index < -0.39 is 5.97 Å². The van der Waals surface area contributed by atoms with Gasteiger partial charge < -0.3 is 19.9 Å². The highest BCUT2D eigenvalue weighted by Gasteiger charge is 2.40. The standard InChI is InChI=1S/C28H32N2O4/c1-17-11-21(18(2)29-24-9-5-4-8-20(24)27(31)32)23-13-22(19-7-6-10-33-14-19)26(30-25(23)12-17)28(3)15-34-16-28/h4-5,8-9,11-13,18-19,29H,6-7,10,14-16H2,1-3H3,(H,31,32). The molecular formula is C28H32N2O4. The number of nitrogens with one attached hydrogen (secondary N) is 1. The van der Waals surface area contributed by atoms with Gasteiger partial charge in [-0.15, -0.1) is 0 Å². The van der Waals surface area contributed by atoms with Gasteiger partial charge in [-0.05, 0) is 74.6 Å². The highest BCUT2D eigenvalue weighted by molar-refractivity contribution is 5.94. The molecule has 2 fully saturated rings. The lowest BCUT2D eigenvalue weighted by Crippen LogP contribution is -2.45. The van der Waals surface area contributed by atoms with Gasteiger partial charge in [0.05, 0.1) is 42.0 Å². The van der Waals surface area contributed by atoms with Crippen LogP contribution in [-0.4, -0.2) is 42.5 Å². The van der Waals surface area contributed by atoms with E-state index in [1.807, 2.05) is 12.1 Å². The molecule has 3 heterocycles. The van der Waals surface area contributed by atoms with Crippen LogP contribution in [0.25, 0.3) is 10.9 Å². The summed E-state index contributed by atoms with van der Waals surface area (Å²) < 4.78 is 11.5. The quantitative estimate of drug-likeness (QED) is 0.499. The smallest absolute Gasteiger partial charge is 0.337 e. The summed E-state index contributed by atoms with van der Waals surface area (Å²) >= 11 is 0. The molecule has 3 aromatic rings. The third kappa shape index (κ3) is 4.17. The van der Waals surface area contributed by atoms with Crippen molar-refractivity contribution in [2.45, 2.75) is 51.0 Å². The summed E-state index contributed by atoms with van der Waals surface area (Å²) in [5, 5.41) is 14.2. The number of hydrogen-bond acceptors (Lipinski definition) is 5. The number of nitrogens with zero attached hydrogens (tertiary/aromatic N) is 1. The molecule has 2 N–H and O–H groups in total. The van der Waals surface area contributed by atoms with Crippen LogP contribution in [0.1, 0.15) is 71.4 Å². The van der Waals surface area contributed by atoms with Gasteiger partial charge in [0.15, 0.2) is 0 Å². The number of ether oxygens (including phenoxy) is 2. The van der Waals surface area contributed by atoms with E-state index in [-0.39, 0.29) is 17.0 Å². The number of carboxylic acid groups (broad SMARTS) is 1. The first-order chi connectivity index (χ1) is 16.4. The van der Waals surface area contributed by atoms with Crippen molar-refractivity contribution in [1.29, 1.82) is 0 Å². The zero-order valence-electron chi connectivity index (χ0n) is 20.1. The van der Waals surface area contributed by atoms with Crippen LogP contribution in [0.4, 0.5) is 5.69 Å². The Kier molecular flexibility index (Phi) is 6.04. The maximum absolute atomic E-state index is 11.7. The van der Waals surface area contributed by atoms with Crippen LogP contribution < -0.4 is 5.32 Å². The fourth-order valence-corrected chi connectivity index (χ4v) is 5.25. The maximum atomic E-state index is 11.7. The van der Waals surface area contributed by atoms with Gasteiger partial charge in [0.25, 0.3) is 0 Å². The van der Waals surface area contributed by atoms with E-state index in [2.05, 4.69) is 44.3 Å². The van der Waals surface area contributed by atoms with Crippen LogP contribution in [0.15, 0.2) is 42.5 Å². The van der Waals surface area contributed by atoms with Crippen molar-refractivity contribution < 1.29 is 19.4 Å². The predicted octanol–water partition coefficient (Wildman–Crippen LogP) is 5.60. The summed E-state index contributed by atoms with van der Waals surface area (Å²) in [6, 6.07) is 13.6. The summed E-state index contributed by atoms with van der Waals surface area (Å²) in [5.41, 5.74) is 6.42. The molecule has 5 rings (SSSR count). The minimum Gasteiger partial charge on any atom is -0.478 e. The van der Waals surface area contributed by atoms with E-state index >= 15 is 0 Å². The minimum absolute atomic E-state index is 0.0742. The van der Waals surface area contributed by atoms with E-state index in [0.29, 0.717) is 24.8 Å². The van der Waals surface area contributed by atoms with Gasteiger partial charge in [0, 0.05) is 29.6 Å². The normalized spacial score (nSPS) is 20.5. The summed E-state index contributed by atoms with van der Waals surface area (Å²) in [5.74, 6) is -0.616. The van der Waals surface area contributed by atoms with Crippen LogP contribution >= 0.6 is 0 Å². The summed E-state index contributed by atoms with van der Waals surface area (Å²) in [7, 11) is 0. The van der Waals surface area contributed by atoms with Crippen LogP contribution in [0, 0.1) is 6.92 Å². The Balaban J connectivity index is 1.62. The summed E-state index contributed by atoms with van der Waals surface area (Å²) in [4.78, 5) is 17.0. The average molecular weight is 461 g/mol. The van der Waals surface area contributed by atoms with E-state index in [4.69, 9.17) is 14.5 Å². The second kappa shape index (κ2) is 9.01. The van der Waals surface area contributed by atoms with Crippen molar-refractivity contribution in [3.8, 4) is 0 Å². The number of anilines is 1. The molecular weight excluding hydrogens is 428 g/mol. The Labute approximate surface area is 200 Å². The van der Waals surface area contributed by atoms with Gasteiger partial charge in [0.2, 0.25) is 0 Å². The zero-order chi connectivity index (χ0) is 23.9. The number of aromatic carboxylic acids is 1. The van der Waals surface area contributed by atoms with E-state index in [9.17, 15) is 9.90 Å². The number of carboxylic acids is 1. The lowest BCUT2D eigenvalue weighted by atomic mass is 9.77. The van der Waals surface area contributed by atoms with Crippen molar-refractivity contribution in [3.05, 3.63) is 70.4 Å². The molecule has 2 aliphatic rings. The van der Waals surface area contributed by atoms with Crippen LogP contribution in [0.3, 0.4) is 0 Å². The third-order valence-electron chi connectivity index (χ3n) is 7.15. The fourth-order valence-electron chi connectivity index (χ4n) is 5.25. The molecule has 2 atom stereocenters. The van der Waals surface area contributed by atoms with E-state index in [1.54, 1.807) is 12.1 Å². The van der Waals surface area contributed by atoms with Crippen LogP contribution in [-0.2, 0) is 14.9 Å². The van der Waals surface area contributed by atoms with Crippen molar-refractivity contribution in [3.63, 3.8) is 0 Å². The SMILES string of the molecule is Cc1cc(C(C)Nc2ccccc2C(=O)O)c2cc(C3CCCOC3)c(C3(C)COC3)nc2c1. The lowest BCUT2D eigenvalue weighted by Gasteiger charge is -2.40. The Bertz CT molecular complexity index is 1230. The number of fused-ring (bicyclic) bond motifs is 1. The Morgan fingerprint density at radius 2 is 2.00 bits per heavy atom.